The van der Waals surface area contributed by atoms with Gasteiger partial charge < -0.3 is 25.9 Å². The van der Waals surface area contributed by atoms with Crippen molar-refractivity contribution in [1.82, 2.24) is 4.98 Å². The van der Waals surface area contributed by atoms with Crippen molar-refractivity contribution >= 4 is 22.8 Å². The van der Waals surface area contributed by atoms with Gasteiger partial charge in [-0.2, -0.15) is 24.1 Å². The molecule has 0 aliphatic heterocycles. The fourth-order valence-corrected chi connectivity index (χ4v) is 1.30. The second kappa shape index (κ2) is 23.9. The Morgan fingerprint density at radius 2 is 1.03 bits per heavy atom. The number of pyridine rings is 1. The number of rotatable bonds is 4. The molecule has 0 atom stereocenters. The molecule has 0 amide bonds. The third-order valence-electron chi connectivity index (χ3n) is 3.34. The summed E-state index contributed by atoms with van der Waals surface area (Å²) >= 11 is 0. The molecule has 11 heteroatoms. The molecule has 177 valence electrons. The van der Waals surface area contributed by atoms with E-state index < -0.39 is 0 Å². The van der Waals surface area contributed by atoms with E-state index in [1.165, 1.54) is 27.7 Å². The van der Waals surface area contributed by atoms with E-state index >= 15 is 0 Å². The SMILES string of the molecule is CC(=N\O)/C(C)=N/O.CC(=N\O)/C(C)=N/O.OC[CH-]c1ccccc1.[Co+2].c1ccncc1. The van der Waals surface area contributed by atoms with Gasteiger partial charge in [0.2, 0.25) is 0 Å². The number of aliphatic hydroxyl groups is 1. The van der Waals surface area contributed by atoms with Crippen LogP contribution in [0.1, 0.15) is 33.3 Å². The number of hydrogen-bond acceptors (Lipinski definition) is 10. The van der Waals surface area contributed by atoms with Crippen LogP contribution in [-0.4, -0.2) is 60.4 Å². The molecule has 0 saturated carbocycles. The van der Waals surface area contributed by atoms with Crippen molar-refractivity contribution in [2.45, 2.75) is 27.7 Å². The van der Waals surface area contributed by atoms with Crippen LogP contribution in [0.3, 0.4) is 0 Å². The molecule has 0 unspecified atom stereocenters. The van der Waals surface area contributed by atoms with E-state index in [-0.39, 0.29) is 23.4 Å². The summed E-state index contributed by atoms with van der Waals surface area (Å²) in [4.78, 5) is 3.78. The second-order valence-electron chi connectivity index (χ2n) is 5.56. The number of aromatic nitrogens is 1. The number of nitrogens with zero attached hydrogens (tertiary/aromatic N) is 5. The first-order valence-corrected chi connectivity index (χ1v) is 8.97. The normalized spacial score (nSPS) is 11.2. The van der Waals surface area contributed by atoms with Crippen LogP contribution in [0.15, 0.2) is 81.5 Å². The van der Waals surface area contributed by atoms with Crippen molar-refractivity contribution in [2.75, 3.05) is 6.61 Å². The first-order chi connectivity index (χ1) is 14.9. The molecule has 10 nitrogen and oxygen atoms in total. The third kappa shape index (κ3) is 19.9. The van der Waals surface area contributed by atoms with Gasteiger partial charge in [0, 0.05) is 19.0 Å². The molecule has 0 aliphatic rings. The van der Waals surface area contributed by atoms with Crippen molar-refractivity contribution in [3.63, 3.8) is 0 Å². The largest absolute Gasteiger partial charge is 2.00 e. The fraction of sp³-hybridized carbons (Fsp3) is 0.238. The van der Waals surface area contributed by atoms with E-state index in [1.54, 1.807) is 18.8 Å². The predicted molar refractivity (Wildman–Crippen MR) is 121 cm³/mol. The number of oxime groups is 4. The van der Waals surface area contributed by atoms with Gasteiger partial charge in [-0.25, -0.2) is 0 Å². The van der Waals surface area contributed by atoms with Crippen LogP contribution < -0.4 is 0 Å². The molecule has 1 radical (unpaired) electrons. The van der Waals surface area contributed by atoms with Crippen LogP contribution in [-0.2, 0) is 16.8 Å². The Hall–Kier alpha value is -3.41. The maximum absolute atomic E-state index is 8.46. The van der Waals surface area contributed by atoms with Crippen LogP contribution in [0.25, 0.3) is 0 Å². The van der Waals surface area contributed by atoms with Crippen molar-refractivity contribution in [1.29, 1.82) is 0 Å². The molecule has 1 aromatic heterocycles. The molecule has 2 aromatic rings. The Bertz CT molecular complexity index is 710. The van der Waals surface area contributed by atoms with Crippen molar-refractivity contribution in [3.8, 4) is 0 Å². The average molecular weight is 491 g/mol. The van der Waals surface area contributed by atoms with Crippen molar-refractivity contribution < 1.29 is 42.7 Å². The first kappa shape index (κ1) is 33.2. The van der Waals surface area contributed by atoms with Crippen LogP contribution in [0.5, 0.6) is 0 Å². The molecule has 0 saturated heterocycles. The van der Waals surface area contributed by atoms with Crippen LogP contribution in [0, 0.1) is 6.42 Å². The summed E-state index contributed by atoms with van der Waals surface area (Å²) in [6, 6.07) is 15.5. The first-order valence-electron chi connectivity index (χ1n) is 8.97. The fourth-order valence-electron chi connectivity index (χ4n) is 1.30. The summed E-state index contributed by atoms with van der Waals surface area (Å²) in [5.41, 5.74) is 2.32. The van der Waals surface area contributed by atoms with E-state index in [1.807, 2.05) is 48.5 Å². The number of benzene rings is 1. The molecule has 0 fully saturated rings. The van der Waals surface area contributed by atoms with E-state index in [0.29, 0.717) is 22.8 Å². The molecule has 0 spiro atoms. The molecule has 0 bridgehead atoms. The van der Waals surface area contributed by atoms with Gasteiger partial charge in [-0.3, -0.25) is 4.98 Å². The summed E-state index contributed by atoms with van der Waals surface area (Å²) in [6.45, 7) is 6.26. The molecular formula is C21H30CoN5O5+. The minimum Gasteiger partial charge on any atom is -0.411 e. The zero-order chi connectivity index (χ0) is 23.9. The number of aliphatic hydroxyl groups excluding tert-OH is 1. The minimum atomic E-state index is 0. The summed E-state index contributed by atoms with van der Waals surface area (Å²) in [5.74, 6) is 0. The molecular weight excluding hydrogens is 461 g/mol. The quantitative estimate of drug-likeness (QED) is 0.190. The monoisotopic (exact) mass is 491 g/mol. The molecule has 2 rings (SSSR count). The zero-order valence-corrected chi connectivity index (χ0v) is 19.4. The third-order valence-corrected chi connectivity index (χ3v) is 3.34. The van der Waals surface area contributed by atoms with Gasteiger partial charge in [-0.05, 0) is 39.8 Å². The van der Waals surface area contributed by atoms with E-state index in [0.717, 1.165) is 5.56 Å². The standard InChI is InChI=1S/C8H9O.C5H5N.2C4H8N2O2.Co/c9-7-6-8-4-2-1-3-5-8;1-2-4-6-5-3-1;2*1-3(5-7)4(2)6-8;/h1-6,9H,7H2;1-5H;2*7-8H,1-2H3;/q-1;;;;+2/b;;2*5-3+,6-4+;. The van der Waals surface area contributed by atoms with E-state index in [2.05, 4.69) is 25.6 Å². The van der Waals surface area contributed by atoms with E-state index in [4.69, 9.17) is 25.9 Å². The zero-order valence-electron chi connectivity index (χ0n) is 18.4. The Morgan fingerprint density at radius 1 is 0.688 bits per heavy atom. The Morgan fingerprint density at radius 3 is 1.25 bits per heavy atom. The topological polar surface area (TPSA) is 163 Å². The summed E-state index contributed by atoms with van der Waals surface area (Å²) in [7, 11) is 0. The summed E-state index contributed by atoms with van der Waals surface area (Å²) < 4.78 is 0. The van der Waals surface area contributed by atoms with Gasteiger partial charge in [0.1, 0.15) is 22.8 Å². The second-order valence-corrected chi connectivity index (χ2v) is 5.56. The van der Waals surface area contributed by atoms with Crippen LogP contribution >= 0.6 is 0 Å². The van der Waals surface area contributed by atoms with Crippen LogP contribution in [0.2, 0.25) is 0 Å². The number of hydrogen-bond donors (Lipinski definition) is 5. The maximum atomic E-state index is 8.46. The Kier molecular flexibility index (Phi) is 24.8. The van der Waals surface area contributed by atoms with Crippen molar-refractivity contribution in [2.24, 2.45) is 20.6 Å². The molecule has 0 aliphatic carbocycles. The molecule has 1 aromatic carbocycles. The van der Waals surface area contributed by atoms with Gasteiger partial charge in [0.05, 0.1) is 0 Å². The predicted octanol–water partition coefficient (Wildman–Crippen LogP) is 3.68. The minimum absolute atomic E-state index is 0. The van der Waals surface area contributed by atoms with Gasteiger partial charge >= 0.3 is 16.8 Å². The Labute approximate surface area is 198 Å². The smallest absolute Gasteiger partial charge is 0.411 e. The van der Waals surface area contributed by atoms with Gasteiger partial charge in [-0.1, -0.05) is 32.8 Å². The van der Waals surface area contributed by atoms with E-state index in [9.17, 15) is 0 Å². The molecule has 32 heavy (non-hydrogen) atoms. The maximum Gasteiger partial charge on any atom is 2.00 e. The van der Waals surface area contributed by atoms with Gasteiger partial charge in [0.15, 0.2) is 0 Å². The molecule has 5 N–H and O–H groups in total. The van der Waals surface area contributed by atoms with Crippen molar-refractivity contribution in [3.05, 3.63) is 72.9 Å². The van der Waals surface area contributed by atoms with Crippen LogP contribution in [0.4, 0.5) is 0 Å². The summed E-state index contributed by atoms with van der Waals surface area (Å²) in [5, 5.41) is 51.7. The Balaban J connectivity index is -0.000000350. The average Bonchev–Trinajstić information content (AvgIpc) is 2.85. The summed E-state index contributed by atoms with van der Waals surface area (Å²) in [6.07, 6.45) is 5.26. The van der Waals surface area contributed by atoms with Gasteiger partial charge in [-0.15, -0.1) is 12.1 Å². The van der Waals surface area contributed by atoms with Gasteiger partial charge in [0.25, 0.3) is 0 Å². The molecule has 1 heterocycles.